The summed E-state index contributed by atoms with van der Waals surface area (Å²) in [4.78, 5) is 0. The summed E-state index contributed by atoms with van der Waals surface area (Å²) in [5, 5.41) is 3.67. The molecule has 2 heterocycles. The van der Waals surface area contributed by atoms with E-state index in [0.29, 0.717) is 0 Å². The van der Waals surface area contributed by atoms with Crippen molar-refractivity contribution in [2.45, 2.75) is 76.0 Å². The van der Waals surface area contributed by atoms with E-state index in [1.54, 1.807) is 0 Å². The summed E-state index contributed by atoms with van der Waals surface area (Å²) in [6.07, 6.45) is 5.88. The van der Waals surface area contributed by atoms with Crippen LogP contribution in [0.4, 0.5) is 0 Å². The Morgan fingerprint density at radius 3 is 1.12 bits per heavy atom. The van der Waals surface area contributed by atoms with Gasteiger partial charge in [-0.2, -0.15) is 0 Å². The summed E-state index contributed by atoms with van der Waals surface area (Å²) in [6, 6.07) is 9.64. The van der Waals surface area contributed by atoms with Crippen LogP contribution in [-0.4, -0.2) is 22.6 Å². The minimum atomic E-state index is -0.332. The first kappa shape index (κ1) is 26.9. The first-order valence-corrected chi connectivity index (χ1v) is 11.7. The summed E-state index contributed by atoms with van der Waals surface area (Å²) in [6.45, 7) is 10.1. The molecule has 143 valence electrons. The molecule has 0 nitrogen and oxygen atoms in total. The summed E-state index contributed by atoms with van der Waals surface area (Å²) in [5.41, 5.74) is 3.91. The zero-order chi connectivity index (χ0) is 14.3. The van der Waals surface area contributed by atoms with Gasteiger partial charge in [-0.05, 0) is 65.5 Å². The second-order valence-electron chi connectivity index (χ2n) is 7.22. The van der Waals surface area contributed by atoms with Crippen LogP contribution in [0, 0.1) is 22.3 Å². The number of rotatable bonds is 2. The van der Waals surface area contributed by atoms with Crippen LogP contribution in [0.1, 0.15) is 53.4 Å². The van der Waals surface area contributed by atoms with Crippen molar-refractivity contribution in [1.82, 2.24) is 0 Å². The van der Waals surface area contributed by atoms with Crippen molar-refractivity contribution in [2.75, 3.05) is 0 Å². The predicted molar refractivity (Wildman–Crippen MR) is 118 cm³/mol. The Bertz CT molecular complexity index is 414. The molecule has 1 aromatic carbocycles. The number of hydrogen-bond donors (Lipinski definition) is 0. The maximum Gasteiger partial charge on any atom is 0.133 e. The molecule has 2 aliphatic heterocycles. The first-order chi connectivity index (χ1) is 9.59. The van der Waals surface area contributed by atoms with Gasteiger partial charge in [0.25, 0.3) is 0 Å². The van der Waals surface area contributed by atoms with Crippen molar-refractivity contribution in [2.24, 2.45) is 0 Å². The Hall–Kier alpha value is 0.703. The van der Waals surface area contributed by atoms with Gasteiger partial charge in [0.2, 0.25) is 0 Å². The van der Waals surface area contributed by atoms with Crippen molar-refractivity contribution in [1.29, 1.82) is 0 Å². The molecule has 0 amide bonds. The van der Waals surface area contributed by atoms with Crippen LogP contribution >= 0.6 is 15.8 Å². The molecule has 2 aliphatic rings. The first-order valence-electron chi connectivity index (χ1n) is 8.42. The van der Waals surface area contributed by atoms with Gasteiger partial charge >= 0.3 is 0 Å². The van der Waals surface area contributed by atoms with E-state index in [9.17, 15) is 0 Å². The topological polar surface area (TPSA) is 0 Å². The maximum atomic E-state index is 2.52. The van der Waals surface area contributed by atoms with Crippen LogP contribution in [0.5, 0.6) is 0 Å². The Morgan fingerprint density at radius 1 is 0.625 bits per heavy atom. The molecule has 0 aliphatic carbocycles. The van der Waals surface area contributed by atoms with Gasteiger partial charge < -0.3 is 22.3 Å². The van der Waals surface area contributed by atoms with Gasteiger partial charge in [-0.1, -0.05) is 12.1 Å². The molecule has 1 radical (unpaired) electrons. The fourth-order valence-electron chi connectivity index (χ4n) is 4.64. The molecule has 1 aromatic rings. The molecule has 2 fully saturated rings. The smallest absolute Gasteiger partial charge is 0.133 e. The van der Waals surface area contributed by atoms with Gasteiger partial charge in [-0.3, -0.25) is 0 Å². The molecule has 3 heteroatoms. The quantitative estimate of drug-likeness (QED) is 0.297. The average molecular weight is 456 g/mol. The third-order valence-electron chi connectivity index (χ3n) is 5.74. The predicted octanol–water partition coefficient (Wildman–Crippen LogP) is 5.86. The summed E-state index contributed by atoms with van der Waals surface area (Å²) >= 11 is 0. The van der Waals surface area contributed by atoms with Crippen LogP contribution in [0.2, 0.25) is 0 Å². The van der Waals surface area contributed by atoms with E-state index in [1.807, 2.05) is 10.6 Å². The average Bonchev–Trinajstić information content (AvgIpc) is 2.93. The normalized spacial score (nSPS) is 29.8. The van der Waals surface area contributed by atoms with Crippen molar-refractivity contribution in [3.8, 4) is 0 Å². The minimum absolute atomic E-state index is 0. The van der Waals surface area contributed by atoms with E-state index >= 15 is 0 Å². The Labute approximate surface area is 168 Å². The van der Waals surface area contributed by atoms with E-state index in [0.717, 1.165) is 22.6 Å². The van der Waals surface area contributed by atoms with E-state index < -0.39 is 0 Å². The molecule has 0 spiro atoms. The third kappa shape index (κ3) is 5.12. The third-order valence-corrected chi connectivity index (χ3v) is 13.5. The molecule has 0 bridgehead atoms. The SMILES string of the molecule is C[C@@H]1CC[C@@H](C)[PH+]1c1ccccc1[PH+]1[C@H](C)CC[C@H]1C.[CH3-].[CH3-].[CH3-].[Rh]. The second-order valence-corrected chi connectivity index (χ2v) is 14.1. The van der Waals surface area contributed by atoms with E-state index in [1.165, 1.54) is 25.7 Å². The Morgan fingerprint density at radius 2 is 0.875 bits per heavy atom. The summed E-state index contributed by atoms with van der Waals surface area (Å²) in [7, 11) is -0.664. The molecule has 0 N–H and O–H groups in total. The van der Waals surface area contributed by atoms with E-state index in [-0.39, 0.29) is 57.6 Å². The Balaban J connectivity index is 0. The fraction of sp³-hybridized carbons (Fsp3) is 0.571. The van der Waals surface area contributed by atoms with Crippen molar-refractivity contribution >= 4 is 26.5 Å². The monoisotopic (exact) mass is 456 g/mol. The second kappa shape index (κ2) is 11.4. The minimum Gasteiger partial charge on any atom is -0.358 e. The van der Waals surface area contributed by atoms with Crippen LogP contribution in [0.3, 0.4) is 0 Å². The molecule has 0 saturated carbocycles. The molecular weight excluding hydrogens is 417 g/mol. The van der Waals surface area contributed by atoms with E-state index in [2.05, 4.69) is 52.0 Å². The zero-order valence-electron chi connectivity index (χ0n) is 16.8. The zero-order valence-corrected chi connectivity index (χ0v) is 20.4. The molecule has 0 unspecified atom stereocenters. The standard InChI is InChI=1S/C18H28P2.3CH3.Rh/c1-13-9-10-14(2)19(13)17-7-5-6-8-18(17)20-15(3)11-12-16(20)4;;;;/h5-8,13-16H,9-12H2,1-4H3;3*1H3;/q;3*-1;/p+2/t13-,14-,15-,16-;;;;/m1..../s1. The number of benzene rings is 1. The van der Waals surface area contributed by atoms with Gasteiger partial charge in [0.1, 0.15) is 10.6 Å². The van der Waals surface area contributed by atoms with Crippen LogP contribution < -0.4 is 10.6 Å². The maximum absolute atomic E-state index is 2.52. The van der Waals surface area contributed by atoms with Gasteiger partial charge in [-0.15, -0.1) is 0 Å². The molecular formula is C21H39P2Rh-. The molecule has 24 heavy (non-hydrogen) atoms. The van der Waals surface area contributed by atoms with Gasteiger partial charge in [0.15, 0.2) is 0 Å². The summed E-state index contributed by atoms with van der Waals surface area (Å²) in [5.74, 6) is 0. The molecule has 4 atom stereocenters. The van der Waals surface area contributed by atoms with Crippen molar-refractivity contribution < 1.29 is 19.5 Å². The van der Waals surface area contributed by atoms with Gasteiger partial charge in [-0.25, -0.2) is 0 Å². The molecule has 3 rings (SSSR count). The molecule has 0 aromatic heterocycles. The Kier molecular flexibility index (Phi) is 12.8. The van der Waals surface area contributed by atoms with Crippen LogP contribution in [0.25, 0.3) is 0 Å². The number of hydrogen-bond acceptors (Lipinski definition) is 0. The van der Waals surface area contributed by atoms with Crippen molar-refractivity contribution in [3.05, 3.63) is 46.5 Å². The van der Waals surface area contributed by atoms with Gasteiger partial charge in [0, 0.05) is 35.3 Å². The van der Waals surface area contributed by atoms with Crippen molar-refractivity contribution in [3.63, 3.8) is 0 Å². The molecule has 2 saturated heterocycles. The van der Waals surface area contributed by atoms with E-state index in [4.69, 9.17) is 0 Å². The van der Waals surface area contributed by atoms with Crippen LogP contribution in [0.15, 0.2) is 24.3 Å². The van der Waals surface area contributed by atoms with Gasteiger partial charge in [0.05, 0.1) is 22.6 Å². The fourth-order valence-corrected chi connectivity index (χ4v) is 12.9. The summed E-state index contributed by atoms with van der Waals surface area (Å²) < 4.78 is 0. The van der Waals surface area contributed by atoms with Crippen LogP contribution in [-0.2, 0) is 19.5 Å². The largest absolute Gasteiger partial charge is 0.358 e.